The van der Waals surface area contributed by atoms with Gasteiger partial charge in [-0.2, -0.15) is 4.98 Å². The second-order valence-corrected chi connectivity index (χ2v) is 5.21. The van der Waals surface area contributed by atoms with Crippen molar-refractivity contribution in [2.75, 3.05) is 11.9 Å². The first-order valence-electron chi connectivity index (χ1n) is 7.27. The predicted octanol–water partition coefficient (Wildman–Crippen LogP) is 1.70. The van der Waals surface area contributed by atoms with Crippen LogP contribution in [-0.2, 0) is 9.59 Å². The third-order valence-electron chi connectivity index (χ3n) is 2.95. The zero-order valence-electron chi connectivity index (χ0n) is 13.0. The van der Waals surface area contributed by atoms with E-state index in [-0.39, 0.29) is 30.2 Å². The second kappa shape index (κ2) is 7.88. The highest BCUT2D eigenvalue weighted by Gasteiger charge is 2.10. The molecule has 0 fully saturated rings. The summed E-state index contributed by atoms with van der Waals surface area (Å²) >= 11 is 0. The topological polar surface area (TPSA) is 99.8 Å². The number of hydrogen-bond donors (Lipinski definition) is 3. The van der Waals surface area contributed by atoms with Crippen LogP contribution in [0.15, 0.2) is 36.4 Å². The van der Waals surface area contributed by atoms with Gasteiger partial charge in [0, 0.05) is 12.0 Å². The molecule has 0 spiro atoms. The molecule has 1 aromatic carbocycles. The molecule has 7 heteroatoms. The first kappa shape index (κ1) is 16.4. The molecular weight excluding hydrogens is 294 g/mol. The SMILES string of the molecule is CC(C)c1nc(NC(=O)CNC(=O)C=Cc2ccccc2)n[nH]1. The maximum absolute atomic E-state index is 11.7. The number of nitrogens with one attached hydrogen (secondary N) is 3. The molecule has 1 aromatic heterocycles. The van der Waals surface area contributed by atoms with Crippen LogP contribution in [-0.4, -0.2) is 33.5 Å². The summed E-state index contributed by atoms with van der Waals surface area (Å²) in [7, 11) is 0. The summed E-state index contributed by atoms with van der Waals surface area (Å²) in [6.07, 6.45) is 3.06. The summed E-state index contributed by atoms with van der Waals surface area (Å²) in [4.78, 5) is 27.5. The number of amides is 2. The van der Waals surface area contributed by atoms with Gasteiger partial charge in [-0.05, 0) is 11.6 Å². The molecule has 23 heavy (non-hydrogen) atoms. The van der Waals surface area contributed by atoms with Gasteiger partial charge < -0.3 is 5.32 Å². The lowest BCUT2D eigenvalue weighted by Crippen LogP contribution is -2.32. The minimum absolute atomic E-state index is 0.149. The monoisotopic (exact) mass is 313 g/mol. The van der Waals surface area contributed by atoms with Gasteiger partial charge in [0.05, 0.1) is 6.54 Å². The summed E-state index contributed by atoms with van der Waals surface area (Å²) in [5, 5.41) is 11.6. The van der Waals surface area contributed by atoms with Crippen molar-refractivity contribution in [1.29, 1.82) is 0 Å². The Hall–Kier alpha value is -2.96. The first-order valence-corrected chi connectivity index (χ1v) is 7.27. The molecule has 0 unspecified atom stereocenters. The fourth-order valence-electron chi connectivity index (χ4n) is 1.72. The molecule has 0 aliphatic heterocycles. The zero-order chi connectivity index (χ0) is 16.7. The van der Waals surface area contributed by atoms with E-state index < -0.39 is 0 Å². The molecule has 0 aliphatic carbocycles. The Bertz CT molecular complexity index is 692. The Labute approximate surface area is 134 Å². The van der Waals surface area contributed by atoms with E-state index in [4.69, 9.17) is 0 Å². The van der Waals surface area contributed by atoms with Gasteiger partial charge in [-0.25, -0.2) is 0 Å². The largest absolute Gasteiger partial charge is 0.343 e. The lowest BCUT2D eigenvalue weighted by atomic mass is 10.2. The van der Waals surface area contributed by atoms with Crippen LogP contribution in [0, 0.1) is 0 Å². The molecule has 0 saturated heterocycles. The van der Waals surface area contributed by atoms with Crippen molar-refractivity contribution in [3.63, 3.8) is 0 Å². The number of H-pyrrole nitrogens is 1. The standard InChI is InChI=1S/C16H19N5O2/c1-11(2)15-19-16(21-20-15)18-14(23)10-17-13(22)9-8-12-6-4-3-5-7-12/h3-9,11H,10H2,1-2H3,(H,17,22)(H2,18,19,20,21,23). The van der Waals surface area contributed by atoms with Crippen molar-refractivity contribution in [3.05, 3.63) is 47.8 Å². The van der Waals surface area contributed by atoms with Gasteiger partial charge >= 0.3 is 0 Å². The van der Waals surface area contributed by atoms with Gasteiger partial charge in [-0.15, -0.1) is 5.10 Å². The number of aromatic amines is 1. The number of hydrogen-bond acceptors (Lipinski definition) is 4. The van der Waals surface area contributed by atoms with Crippen LogP contribution in [0.25, 0.3) is 6.08 Å². The van der Waals surface area contributed by atoms with Crippen LogP contribution in [0.5, 0.6) is 0 Å². The molecule has 2 amide bonds. The molecule has 2 rings (SSSR count). The Morgan fingerprint density at radius 2 is 2.00 bits per heavy atom. The van der Waals surface area contributed by atoms with Gasteiger partial charge in [-0.1, -0.05) is 44.2 Å². The third-order valence-corrected chi connectivity index (χ3v) is 2.95. The van der Waals surface area contributed by atoms with Gasteiger partial charge in [0.25, 0.3) is 0 Å². The number of rotatable bonds is 6. The van der Waals surface area contributed by atoms with E-state index in [1.807, 2.05) is 44.2 Å². The predicted molar refractivity (Wildman–Crippen MR) is 87.6 cm³/mol. The van der Waals surface area contributed by atoms with Gasteiger partial charge in [0.2, 0.25) is 17.8 Å². The molecule has 0 saturated carbocycles. The van der Waals surface area contributed by atoms with E-state index in [2.05, 4.69) is 25.8 Å². The molecule has 0 atom stereocenters. The maximum Gasteiger partial charge on any atom is 0.248 e. The third kappa shape index (κ3) is 5.39. The van der Waals surface area contributed by atoms with Crippen LogP contribution in [0.3, 0.4) is 0 Å². The highest BCUT2D eigenvalue weighted by Crippen LogP contribution is 2.09. The van der Waals surface area contributed by atoms with E-state index >= 15 is 0 Å². The summed E-state index contributed by atoms with van der Waals surface area (Å²) in [5.74, 6) is 0.349. The van der Waals surface area contributed by atoms with Crippen molar-refractivity contribution in [2.24, 2.45) is 0 Å². The number of carbonyl (C=O) groups excluding carboxylic acids is 2. The number of aromatic nitrogens is 3. The first-order chi connectivity index (χ1) is 11.0. The zero-order valence-corrected chi connectivity index (χ0v) is 13.0. The fraction of sp³-hybridized carbons (Fsp3) is 0.250. The van der Waals surface area contributed by atoms with Crippen LogP contribution < -0.4 is 10.6 Å². The average molecular weight is 313 g/mol. The van der Waals surface area contributed by atoms with Crippen molar-refractivity contribution in [1.82, 2.24) is 20.5 Å². The number of carbonyl (C=O) groups is 2. The van der Waals surface area contributed by atoms with E-state index in [9.17, 15) is 9.59 Å². The molecule has 0 radical (unpaired) electrons. The molecule has 120 valence electrons. The Morgan fingerprint density at radius 1 is 1.26 bits per heavy atom. The lowest BCUT2D eigenvalue weighted by molar-refractivity contribution is -0.121. The van der Waals surface area contributed by atoms with E-state index in [0.717, 1.165) is 5.56 Å². The van der Waals surface area contributed by atoms with Crippen molar-refractivity contribution in [2.45, 2.75) is 19.8 Å². The van der Waals surface area contributed by atoms with Gasteiger partial charge in [-0.3, -0.25) is 20.0 Å². The molecule has 7 nitrogen and oxygen atoms in total. The Kier molecular flexibility index (Phi) is 5.62. The summed E-state index contributed by atoms with van der Waals surface area (Å²) < 4.78 is 0. The lowest BCUT2D eigenvalue weighted by Gasteiger charge is -2.02. The molecular formula is C16H19N5O2. The average Bonchev–Trinajstić information content (AvgIpc) is 3.00. The van der Waals surface area contributed by atoms with Crippen LogP contribution in [0.1, 0.15) is 31.2 Å². The van der Waals surface area contributed by atoms with E-state index in [1.54, 1.807) is 6.08 Å². The minimum atomic E-state index is -0.388. The van der Waals surface area contributed by atoms with Crippen LogP contribution in [0.4, 0.5) is 5.95 Å². The normalized spacial score (nSPS) is 10.9. The van der Waals surface area contributed by atoms with Gasteiger partial charge in [0.15, 0.2) is 0 Å². The highest BCUT2D eigenvalue weighted by molar-refractivity contribution is 5.97. The number of nitrogens with zero attached hydrogens (tertiary/aromatic N) is 2. The summed E-state index contributed by atoms with van der Waals surface area (Å²) in [6, 6.07) is 9.42. The Morgan fingerprint density at radius 3 is 2.65 bits per heavy atom. The second-order valence-electron chi connectivity index (χ2n) is 5.21. The molecule has 2 aromatic rings. The number of benzene rings is 1. The van der Waals surface area contributed by atoms with E-state index in [1.165, 1.54) is 6.08 Å². The van der Waals surface area contributed by atoms with Crippen LogP contribution in [0.2, 0.25) is 0 Å². The quantitative estimate of drug-likeness (QED) is 0.707. The number of anilines is 1. The Balaban J connectivity index is 1.77. The molecule has 0 bridgehead atoms. The molecule has 0 aliphatic rings. The van der Waals surface area contributed by atoms with Crippen LogP contribution >= 0.6 is 0 Å². The van der Waals surface area contributed by atoms with Crippen molar-refractivity contribution < 1.29 is 9.59 Å². The van der Waals surface area contributed by atoms with Crippen molar-refractivity contribution in [3.8, 4) is 0 Å². The smallest absolute Gasteiger partial charge is 0.248 e. The van der Waals surface area contributed by atoms with Gasteiger partial charge in [0.1, 0.15) is 5.82 Å². The molecule has 3 N–H and O–H groups in total. The van der Waals surface area contributed by atoms with E-state index in [0.29, 0.717) is 5.82 Å². The minimum Gasteiger partial charge on any atom is -0.343 e. The van der Waals surface area contributed by atoms with Crippen molar-refractivity contribution >= 4 is 23.8 Å². The fourth-order valence-corrected chi connectivity index (χ4v) is 1.72. The maximum atomic E-state index is 11.7. The summed E-state index contributed by atoms with van der Waals surface area (Å²) in [6.45, 7) is 3.78. The highest BCUT2D eigenvalue weighted by atomic mass is 16.2. The molecule has 1 heterocycles. The summed E-state index contributed by atoms with van der Waals surface area (Å²) in [5.41, 5.74) is 0.911.